The van der Waals surface area contributed by atoms with Gasteiger partial charge < -0.3 is 15.6 Å². The molecule has 0 spiro atoms. The summed E-state index contributed by atoms with van der Waals surface area (Å²) in [7, 11) is 0. The molecule has 0 saturated heterocycles. The fourth-order valence-electron chi connectivity index (χ4n) is 4.15. The van der Waals surface area contributed by atoms with Gasteiger partial charge in [-0.2, -0.15) is 0 Å². The van der Waals surface area contributed by atoms with Crippen LogP contribution in [0.1, 0.15) is 26.2 Å². The standard InChI is InChI=1S/C24H23FN4/c1-2-3-4-20-27-19-10-9-18-22(24(19)29-20)21(15-11-13-26-14-12-15)23(28-18)16-5-7-17(25)8-6-16/h5-14,20,27-29H,2-4H2,1H3. The molecule has 0 fully saturated rings. The minimum atomic E-state index is -0.235. The molecule has 29 heavy (non-hydrogen) atoms. The normalized spacial score (nSPS) is 15.2. The second-order valence-corrected chi connectivity index (χ2v) is 7.51. The number of hydrogen-bond donors (Lipinski definition) is 3. The number of anilines is 2. The van der Waals surface area contributed by atoms with Crippen LogP contribution in [0.25, 0.3) is 33.3 Å². The molecule has 1 unspecified atom stereocenters. The average molecular weight is 386 g/mol. The number of nitrogens with zero attached hydrogens (tertiary/aromatic N) is 1. The number of aromatic amines is 1. The maximum Gasteiger partial charge on any atom is 0.123 e. The van der Waals surface area contributed by atoms with Gasteiger partial charge >= 0.3 is 0 Å². The molecule has 0 amide bonds. The lowest BCUT2D eigenvalue weighted by molar-refractivity contribution is 0.628. The van der Waals surface area contributed by atoms with Gasteiger partial charge in [0, 0.05) is 28.9 Å². The number of H-pyrrole nitrogens is 1. The molecule has 146 valence electrons. The third kappa shape index (κ3) is 3.12. The molecule has 1 aliphatic heterocycles. The number of halogens is 1. The van der Waals surface area contributed by atoms with Crippen molar-refractivity contribution in [2.75, 3.05) is 10.6 Å². The molecular weight excluding hydrogens is 363 g/mol. The molecule has 5 rings (SSSR count). The van der Waals surface area contributed by atoms with Crippen LogP contribution in [0.3, 0.4) is 0 Å². The lowest BCUT2D eigenvalue weighted by Crippen LogP contribution is -2.21. The van der Waals surface area contributed by atoms with Crippen molar-refractivity contribution in [1.29, 1.82) is 0 Å². The highest BCUT2D eigenvalue weighted by Gasteiger charge is 2.25. The van der Waals surface area contributed by atoms with E-state index in [-0.39, 0.29) is 12.0 Å². The van der Waals surface area contributed by atoms with Crippen LogP contribution in [0.2, 0.25) is 0 Å². The quantitative estimate of drug-likeness (QED) is 0.372. The molecule has 2 aromatic heterocycles. The first-order valence-corrected chi connectivity index (χ1v) is 10.1. The Balaban J connectivity index is 1.72. The summed E-state index contributed by atoms with van der Waals surface area (Å²) in [5, 5.41) is 8.45. The number of nitrogens with one attached hydrogen (secondary N) is 3. The minimum absolute atomic E-state index is 0.235. The predicted molar refractivity (Wildman–Crippen MR) is 117 cm³/mol. The van der Waals surface area contributed by atoms with E-state index >= 15 is 0 Å². The zero-order valence-corrected chi connectivity index (χ0v) is 16.3. The zero-order chi connectivity index (χ0) is 19.8. The number of rotatable bonds is 5. The highest BCUT2D eigenvalue weighted by Crippen LogP contribution is 2.46. The van der Waals surface area contributed by atoms with Gasteiger partial charge in [-0.1, -0.05) is 13.3 Å². The number of fused-ring (bicyclic) bond motifs is 3. The van der Waals surface area contributed by atoms with Crippen molar-refractivity contribution in [2.24, 2.45) is 0 Å². The second kappa shape index (κ2) is 7.24. The molecule has 4 aromatic rings. The van der Waals surface area contributed by atoms with Crippen molar-refractivity contribution in [3.05, 3.63) is 66.7 Å². The number of unbranched alkanes of at least 4 members (excludes halogenated alkanes) is 1. The largest absolute Gasteiger partial charge is 0.364 e. The average Bonchev–Trinajstić information content (AvgIpc) is 3.34. The van der Waals surface area contributed by atoms with Crippen LogP contribution in [0, 0.1) is 5.82 Å². The number of pyridine rings is 1. The molecular formula is C24H23FN4. The monoisotopic (exact) mass is 386 g/mol. The van der Waals surface area contributed by atoms with E-state index in [4.69, 9.17) is 0 Å². The SMILES string of the molecule is CCCCC1Nc2ccc3[nH]c(-c4ccc(F)cc4)c(-c4ccncc4)c3c2N1. The first-order valence-electron chi connectivity index (χ1n) is 10.1. The lowest BCUT2D eigenvalue weighted by Gasteiger charge is -2.11. The van der Waals surface area contributed by atoms with Crippen LogP contribution >= 0.6 is 0 Å². The molecule has 1 aliphatic rings. The van der Waals surface area contributed by atoms with E-state index in [1.807, 2.05) is 36.7 Å². The highest BCUT2D eigenvalue weighted by atomic mass is 19.1. The third-order valence-corrected chi connectivity index (χ3v) is 5.56. The summed E-state index contributed by atoms with van der Waals surface area (Å²) >= 11 is 0. The Morgan fingerprint density at radius 1 is 0.931 bits per heavy atom. The molecule has 0 aliphatic carbocycles. The van der Waals surface area contributed by atoms with Gasteiger partial charge in [0.05, 0.1) is 23.2 Å². The summed E-state index contributed by atoms with van der Waals surface area (Å²) < 4.78 is 13.5. The first-order chi connectivity index (χ1) is 14.2. The first kappa shape index (κ1) is 17.7. The molecule has 0 saturated carbocycles. The van der Waals surface area contributed by atoms with Crippen molar-refractivity contribution >= 4 is 22.3 Å². The van der Waals surface area contributed by atoms with Crippen LogP contribution in [0.5, 0.6) is 0 Å². The minimum Gasteiger partial charge on any atom is -0.364 e. The van der Waals surface area contributed by atoms with Gasteiger partial charge in [-0.15, -0.1) is 0 Å². The van der Waals surface area contributed by atoms with Gasteiger partial charge in [-0.25, -0.2) is 4.39 Å². The van der Waals surface area contributed by atoms with Crippen molar-refractivity contribution < 1.29 is 4.39 Å². The summed E-state index contributed by atoms with van der Waals surface area (Å²) in [4.78, 5) is 7.76. The molecule has 5 heteroatoms. The summed E-state index contributed by atoms with van der Waals surface area (Å²) in [6.07, 6.45) is 7.28. The van der Waals surface area contributed by atoms with E-state index in [1.54, 1.807) is 0 Å². The van der Waals surface area contributed by atoms with E-state index < -0.39 is 0 Å². The van der Waals surface area contributed by atoms with Crippen LogP contribution in [-0.4, -0.2) is 16.1 Å². The molecule has 4 nitrogen and oxygen atoms in total. The zero-order valence-electron chi connectivity index (χ0n) is 16.3. The molecule has 0 bridgehead atoms. The van der Waals surface area contributed by atoms with E-state index in [2.05, 4.69) is 39.7 Å². The Morgan fingerprint density at radius 2 is 1.72 bits per heavy atom. The van der Waals surface area contributed by atoms with Gasteiger partial charge in [0.25, 0.3) is 0 Å². The van der Waals surface area contributed by atoms with Crippen molar-refractivity contribution in [1.82, 2.24) is 9.97 Å². The lowest BCUT2D eigenvalue weighted by atomic mass is 9.98. The summed E-state index contributed by atoms with van der Waals surface area (Å²) in [5.74, 6) is -0.235. The maximum absolute atomic E-state index is 13.5. The van der Waals surface area contributed by atoms with Gasteiger partial charge in [0.1, 0.15) is 5.82 Å². The second-order valence-electron chi connectivity index (χ2n) is 7.51. The van der Waals surface area contributed by atoms with Crippen molar-refractivity contribution in [3.63, 3.8) is 0 Å². The molecule has 1 atom stereocenters. The van der Waals surface area contributed by atoms with Crippen LogP contribution in [0.15, 0.2) is 60.9 Å². The fourth-order valence-corrected chi connectivity index (χ4v) is 4.15. The fraction of sp³-hybridized carbons (Fsp3) is 0.208. The summed E-state index contributed by atoms with van der Waals surface area (Å²) in [6, 6.07) is 14.9. The van der Waals surface area contributed by atoms with Gasteiger partial charge in [-0.05, 0) is 72.5 Å². The van der Waals surface area contributed by atoms with Crippen molar-refractivity contribution in [3.8, 4) is 22.4 Å². The Kier molecular flexibility index (Phi) is 4.43. The van der Waals surface area contributed by atoms with Gasteiger partial charge in [0.15, 0.2) is 0 Å². The number of aromatic nitrogens is 2. The smallest absolute Gasteiger partial charge is 0.123 e. The highest BCUT2D eigenvalue weighted by molar-refractivity contribution is 6.13. The van der Waals surface area contributed by atoms with Crippen LogP contribution in [0.4, 0.5) is 15.8 Å². The Morgan fingerprint density at radius 3 is 2.48 bits per heavy atom. The predicted octanol–water partition coefficient (Wildman–Crippen LogP) is 6.39. The van der Waals surface area contributed by atoms with Crippen LogP contribution in [-0.2, 0) is 0 Å². The van der Waals surface area contributed by atoms with Crippen molar-refractivity contribution in [2.45, 2.75) is 32.4 Å². The Hall–Kier alpha value is -3.34. The number of benzene rings is 2. The van der Waals surface area contributed by atoms with E-state index in [0.29, 0.717) is 0 Å². The molecule has 2 aromatic carbocycles. The maximum atomic E-state index is 13.5. The summed E-state index contributed by atoms with van der Waals surface area (Å²) in [5.41, 5.74) is 7.43. The Labute approximate surface area is 169 Å². The summed E-state index contributed by atoms with van der Waals surface area (Å²) in [6.45, 7) is 2.21. The Bertz CT molecular complexity index is 1150. The molecule has 0 radical (unpaired) electrons. The topological polar surface area (TPSA) is 52.7 Å². The molecule has 3 heterocycles. The van der Waals surface area contributed by atoms with Gasteiger partial charge in [0.2, 0.25) is 0 Å². The van der Waals surface area contributed by atoms with E-state index in [1.165, 1.54) is 25.0 Å². The third-order valence-electron chi connectivity index (χ3n) is 5.56. The molecule has 3 N–H and O–H groups in total. The van der Waals surface area contributed by atoms with E-state index in [0.717, 1.165) is 51.1 Å². The van der Waals surface area contributed by atoms with E-state index in [9.17, 15) is 4.39 Å². The van der Waals surface area contributed by atoms with Crippen LogP contribution < -0.4 is 10.6 Å². The van der Waals surface area contributed by atoms with Gasteiger partial charge in [-0.3, -0.25) is 4.98 Å². The number of hydrogen-bond acceptors (Lipinski definition) is 3.